The zero-order chi connectivity index (χ0) is 15.2. The van der Waals surface area contributed by atoms with Crippen LogP contribution in [0.1, 0.15) is 31.2 Å². The normalized spacial score (nSPS) is 22.8. The summed E-state index contributed by atoms with van der Waals surface area (Å²) < 4.78 is 13.3. The van der Waals surface area contributed by atoms with Crippen LogP contribution in [-0.2, 0) is 6.42 Å². The summed E-state index contributed by atoms with van der Waals surface area (Å²) in [7, 11) is 0. The molecule has 0 aliphatic heterocycles. The van der Waals surface area contributed by atoms with E-state index in [0.717, 1.165) is 37.7 Å². The second-order valence-corrected chi connectivity index (χ2v) is 5.47. The van der Waals surface area contributed by atoms with Gasteiger partial charge in [0.15, 0.2) is 5.96 Å². The molecule has 2 unspecified atom stereocenters. The van der Waals surface area contributed by atoms with Gasteiger partial charge in [-0.3, -0.25) is 0 Å². The van der Waals surface area contributed by atoms with Crippen LogP contribution in [0.3, 0.4) is 0 Å². The van der Waals surface area contributed by atoms with Crippen LogP contribution in [0, 0.1) is 11.7 Å². The highest BCUT2D eigenvalue weighted by Crippen LogP contribution is 2.30. The van der Waals surface area contributed by atoms with Crippen molar-refractivity contribution in [2.45, 2.75) is 38.1 Å². The molecule has 0 amide bonds. The Kier molecular flexibility index (Phi) is 5.14. The third kappa shape index (κ3) is 4.73. The first kappa shape index (κ1) is 15.3. The Balaban J connectivity index is 2.10. The van der Waals surface area contributed by atoms with Gasteiger partial charge in [-0.2, -0.15) is 4.99 Å². The van der Waals surface area contributed by atoms with Gasteiger partial charge in [0.1, 0.15) is 5.82 Å². The summed E-state index contributed by atoms with van der Waals surface area (Å²) in [6, 6.07) is 6.80. The lowest BCUT2D eigenvalue weighted by molar-refractivity contribution is 0.307. The van der Waals surface area contributed by atoms with Crippen molar-refractivity contribution in [3.8, 4) is 0 Å². The van der Waals surface area contributed by atoms with Crippen LogP contribution >= 0.6 is 0 Å². The van der Waals surface area contributed by atoms with Gasteiger partial charge in [0.2, 0.25) is 5.96 Å². The minimum atomic E-state index is -0.205. The number of nitrogens with two attached hydrogens (primary N) is 3. The molecular weight excluding hydrogens is 269 g/mol. The van der Waals surface area contributed by atoms with E-state index in [4.69, 9.17) is 17.2 Å². The van der Waals surface area contributed by atoms with Gasteiger partial charge >= 0.3 is 0 Å². The van der Waals surface area contributed by atoms with Gasteiger partial charge in [0.05, 0.1) is 6.04 Å². The van der Waals surface area contributed by atoms with Crippen LogP contribution in [0.15, 0.2) is 34.3 Å². The van der Waals surface area contributed by atoms with Crippen LogP contribution in [0.5, 0.6) is 0 Å². The topological polar surface area (TPSA) is 103 Å². The first-order valence-electron chi connectivity index (χ1n) is 7.22. The zero-order valence-electron chi connectivity index (χ0n) is 12.0. The maximum Gasteiger partial charge on any atom is 0.218 e. The third-order valence-electron chi connectivity index (χ3n) is 3.80. The maximum absolute atomic E-state index is 13.3. The van der Waals surface area contributed by atoms with Crippen LogP contribution in [0.25, 0.3) is 0 Å². The third-order valence-corrected chi connectivity index (χ3v) is 3.80. The summed E-state index contributed by atoms with van der Waals surface area (Å²) in [6.07, 6.45) is 5.08. The van der Waals surface area contributed by atoms with E-state index in [1.54, 1.807) is 12.1 Å². The predicted molar refractivity (Wildman–Crippen MR) is 83.3 cm³/mol. The van der Waals surface area contributed by atoms with E-state index in [-0.39, 0.29) is 23.8 Å². The summed E-state index contributed by atoms with van der Waals surface area (Å²) in [5, 5.41) is 0. The molecule has 0 bridgehead atoms. The van der Waals surface area contributed by atoms with Gasteiger partial charge in [-0.1, -0.05) is 25.0 Å². The average molecular weight is 291 g/mol. The van der Waals surface area contributed by atoms with E-state index >= 15 is 0 Å². The minimum Gasteiger partial charge on any atom is -0.370 e. The van der Waals surface area contributed by atoms with Gasteiger partial charge in [-0.05, 0) is 42.9 Å². The van der Waals surface area contributed by atoms with E-state index in [1.165, 1.54) is 6.07 Å². The molecule has 1 aliphatic carbocycles. The quantitative estimate of drug-likeness (QED) is 0.581. The van der Waals surface area contributed by atoms with E-state index in [0.29, 0.717) is 5.92 Å². The van der Waals surface area contributed by atoms with Crippen molar-refractivity contribution in [1.82, 2.24) is 0 Å². The molecule has 1 aromatic rings. The van der Waals surface area contributed by atoms with Crippen LogP contribution in [0.4, 0.5) is 4.39 Å². The van der Waals surface area contributed by atoms with Crippen molar-refractivity contribution in [3.63, 3.8) is 0 Å². The van der Waals surface area contributed by atoms with Gasteiger partial charge in [0.25, 0.3) is 0 Å². The fraction of sp³-hybridized carbons (Fsp3) is 0.467. The molecule has 114 valence electrons. The number of hydrogen-bond acceptors (Lipinski definition) is 1. The molecular formula is C15H22FN5. The second kappa shape index (κ2) is 7.06. The number of hydrogen-bond donors (Lipinski definition) is 3. The summed E-state index contributed by atoms with van der Waals surface area (Å²) >= 11 is 0. The molecule has 0 spiro atoms. The number of rotatable bonds is 3. The molecule has 1 saturated carbocycles. The smallest absolute Gasteiger partial charge is 0.218 e. The van der Waals surface area contributed by atoms with E-state index in [1.807, 2.05) is 6.07 Å². The Labute approximate surface area is 124 Å². The lowest BCUT2D eigenvalue weighted by Crippen LogP contribution is -2.30. The van der Waals surface area contributed by atoms with Crippen molar-refractivity contribution in [1.29, 1.82) is 0 Å². The average Bonchev–Trinajstić information content (AvgIpc) is 2.40. The monoisotopic (exact) mass is 291 g/mol. The highest BCUT2D eigenvalue weighted by atomic mass is 19.1. The number of benzene rings is 1. The molecule has 2 atom stereocenters. The van der Waals surface area contributed by atoms with Crippen molar-refractivity contribution < 1.29 is 4.39 Å². The van der Waals surface area contributed by atoms with Crippen molar-refractivity contribution in [2.24, 2.45) is 33.1 Å². The molecule has 6 N–H and O–H groups in total. The number of nitrogens with zero attached hydrogens (tertiary/aromatic N) is 2. The standard InChI is InChI=1S/C15H22FN5/c16-12-6-3-4-10(9-12)8-11-5-1-2-7-13(11)20-15(19)21-14(17)18/h3-4,6,9,11,13H,1-2,5,7-8H2,(H6,17,18,19,20,21). The molecule has 0 radical (unpaired) electrons. The molecule has 2 rings (SSSR count). The molecule has 0 aromatic heterocycles. The molecule has 5 nitrogen and oxygen atoms in total. The maximum atomic E-state index is 13.3. The molecule has 1 aromatic carbocycles. The Hall–Kier alpha value is -2.11. The Bertz CT molecular complexity index is 537. The van der Waals surface area contributed by atoms with E-state index in [2.05, 4.69) is 9.98 Å². The Morgan fingerprint density at radius 2 is 1.95 bits per heavy atom. The fourth-order valence-electron chi connectivity index (χ4n) is 2.89. The van der Waals surface area contributed by atoms with E-state index < -0.39 is 0 Å². The van der Waals surface area contributed by atoms with Crippen molar-refractivity contribution in [2.75, 3.05) is 0 Å². The summed E-state index contributed by atoms with van der Waals surface area (Å²) in [6.45, 7) is 0. The summed E-state index contributed by atoms with van der Waals surface area (Å²) in [5.74, 6) is 0.163. The SMILES string of the molecule is NC(N)=NC(N)=NC1CCCCC1Cc1cccc(F)c1. The lowest BCUT2D eigenvalue weighted by atomic mass is 9.81. The van der Waals surface area contributed by atoms with Gasteiger partial charge in [-0.25, -0.2) is 9.38 Å². The first-order chi connectivity index (χ1) is 10.0. The van der Waals surface area contributed by atoms with E-state index in [9.17, 15) is 4.39 Å². The molecule has 0 saturated heterocycles. The number of aliphatic imine (C=N–C) groups is 2. The fourth-order valence-corrected chi connectivity index (χ4v) is 2.89. The summed E-state index contributed by atoms with van der Waals surface area (Å²) in [5.41, 5.74) is 17.3. The molecule has 1 aliphatic rings. The molecule has 6 heteroatoms. The zero-order valence-corrected chi connectivity index (χ0v) is 12.0. The molecule has 1 fully saturated rings. The van der Waals surface area contributed by atoms with Gasteiger partial charge < -0.3 is 17.2 Å². The molecule has 21 heavy (non-hydrogen) atoms. The van der Waals surface area contributed by atoms with Crippen molar-refractivity contribution >= 4 is 11.9 Å². The Morgan fingerprint density at radius 3 is 2.67 bits per heavy atom. The lowest BCUT2D eigenvalue weighted by Gasteiger charge is -2.28. The second-order valence-electron chi connectivity index (χ2n) is 5.47. The van der Waals surface area contributed by atoms with Crippen LogP contribution < -0.4 is 17.2 Å². The largest absolute Gasteiger partial charge is 0.370 e. The van der Waals surface area contributed by atoms with Crippen molar-refractivity contribution in [3.05, 3.63) is 35.6 Å². The van der Waals surface area contributed by atoms with Crippen LogP contribution in [0.2, 0.25) is 0 Å². The summed E-state index contributed by atoms with van der Waals surface area (Å²) in [4.78, 5) is 8.20. The van der Waals surface area contributed by atoms with Gasteiger partial charge in [-0.15, -0.1) is 0 Å². The number of guanidine groups is 2. The molecule has 0 heterocycles. The first-order valence-corrected chi connectivity index (χ1v) is 7.22. The highest BCUT2D eigenvalue weighted by molar-refractivity contribution is 5.92. The Morgan fingerprint density at radius 1 is 1.19 bits per heavy atom. The minimum absolute atomic E-state index is 0.0881. The highest BCUT2D eigenvalue weighted by Gasteiger charge is 2.25. The van der Waals surface area contributed by atoms with Crippen LogP contribution in [-0.4, -0.2) is 18.0 Å². The van der Waals surface area contributed by atoms with Gasteiger partial charge in [0, 0.05) is 0 Å². The predicted octanol–water partition coefficient (Wildman–Crippen LogP) is 1.52. The number of halogens is 1.